The van der Waals surface area contributed by atoms with E-state index in [-0.39, 0.29) is 22.5 Å². The summed E-state index contributed by atoms with van der Waals surface area (Å²) in [4.78, 5) is 36.6. The van der Waals surface area contributed by atoms with E-state index in [2.05, 4.69) is 19.9 Å². The van der Waals surface area contributed by atoms with Gasteiger partial charge in [0, 0.05) is 5.69 Å². The lowest BCUT2D eigenvalue weighted by atomic mass is 10.1. The highest BCUT2D eigenvalue weighted by Gasteiger charge is 2.40. The molecule has 1 aromatic heterocycles. The van der Waals surface area contributed by atoms with E-state index < -0.39 is 35.3 Å². The molecule has 1 N–H and O–H groups in total. The van der Waals surface area contributed by atoms with Gasteiger partial charge in [-0.2, -0.15) is 18.3 Å². The number of alkyl halides is 3. The molecule has 11 heteroatoms. The number of rotatable bonds is 5. The lowest BCUT2D eigenvalue weighted by Crippen LogP contribution is -2.21. The van der Waals surface area contributed by atoms with Crippen LogP contribution >= 0.6 is 0 Å². The number of hydrogen-bond acceptors (Lipinski definition) is 6. The van der Waals surface area contributed by atoms with Crippen LogP contribution in [0.25, 0.3) is 5.69 Å². The zero-order valence-corrected chi connectivity index (χ0v) is 17.7. The minimum absolute atomic E-state index is 0.109. The molecule has 8 nitrogen and oxygen atoms in total. The molecule has 0 saturated heterocycles. The number of methoxy groups -OCH3 is 2. The van der Waals surface area contributed by atoms with Crippen molar-refractivity contribution in [3.63, 3.8) is 0 Å². The predicted octanol–water partition coefficient (Wildman–Crippen LogP) is 4.03. The minimum Gasteiger partial charge on any atom is -0.465 e. The van der Waals surface area contributed by atoms with E-state index >= 15 is 0 Å². The summed E-state index contributed by atoms with van der Waals surface area (Å²) in [5, 5.41) is 6.03. The average molecular weight is 461 g/mol. The molecule has 1 heterocycles. The van der Waals surface area contributed by atoms with Gasteiger partial charge in [-0.15, -0.1) is 0 Å². The van der Waals surface area contributed by atoms with E-state index in [9.17, 15) is 27.6 Å². The molecule has 1 amide bonds. The van der Waals surface area contributed by atoms with Crippen molar-refractivity contribution in [2.45, 2.75) is 13.1 Å². The summed E-state index contributed by atoms with van der Waals surface area (Å²) in [6, 6.07) is 9.61. The summed E-state index contributed by atoms with van der Waals surface area (Å²) < 4.78 is 51.5. The minimum atomic E-state index is -4.90. The molecule has 0 spiro atoms. The van der Waals surface area contributed by atoms with Crippen molar-refractivity contribution in [2.24, 2.45) is 0 Å². The number of anilines is 1. The van der Waals surface area contributed by atoms with Crippen LogP contribution in [-0.2, 0) is 15.7 Å². The highest BCUT2D eigenvalue weighted by molar-refractivity contribution is 6.06. The van der Waals surface area contributed by atoms with Gasteiger partial charge in [-0.1, -0.05) is 17.7 Å². The Morgan fingerprint density at radius 1 is 0.939 bits per heavy atom. The SMILES string of the molecule is COC(=O)c1cc(NC(=O)c2cnn(-c3ccc(C)cc3)c2C(F)(F)F)cc(C(=O)OC)c1. The zero-order valence-electron chi connectivity index (χ0n) is 17.7. The maximum Gasteiger partial charge on any atom is 0.434 e. The molecule has 33 heavy (non-hydrogen) atoms. The van der Waals surface area contributed by atoms with Gasteiger partial charge in [0.2, 0.25) is 0 Å². The number of nitrogens with one attached hydrogen (secondary N) is 1. The number of aryl methyl sites for hydroxylation is 1. The lowest BCUT2D eigenvalue weighted by molar-refractivity contribution is -0.143. The Kier molecular flexibility index (Phi) is 6.52. The Hall–Kier alpha value is -4.15. The molecule has 0 radical (unpaired) electrons. The molecule has 0 aliphatic heterocycles. The van der Waals surface area contributed by atoms with Crippen molar-refractivity contribution < 1.29 is 37.0 Å². The van der Waals surface area contributed by atoms with Crippen molar-refractivity contribution in [3.8, 4) is 5.69 Å². The first kappa shape index (κ1) is 23.5. The van der Waals surface area contributed by atoms with Gasteiger partial charge in [0.15, 0.2) is 5.69 Å². The van der Waals surface area contributed by atoms with Crippen molar-refractivity contribution in [1.29, 1.82) is 0 Å². The van der Waals surface area contributed by atoms with Crippen LogP contribution < -0.4 is 5.32 Å². The molecular formula is C22H18F3N3O5. The summed E-state index contributed by atoms with van der Waals surface area (Å²) in [6.07, 6.45) is -4.11. The highest BCUT2D eigenvalue weighted by atomic mass is 19.4. The summed E-state index contributed by atoms with van der Waals surface area (Å²) in [6.45, 7) is 1.78. The summed E-state index contributed by atoms with van der Waals surface area (Å²) in [7, 11) is 2.22. The van der Waals surface area contributed by atoms with E-state index in [1.54, 1.807) is 19.1 Å². The maximum atomic E-state index is 13.9. The molecule has 172 valence electrons. The first-order valence-corrected chi connectivity index (χ1v) is 9.40. The highest BCUT2D eigenvalue weighted by Crippen LogP contribution is 2.34. The van der Waals surface area contributed by atoms with Gasteiger partial charge >= 0.3 is 18.1 Å². The van der Waals surface area contributed by atoms with Gasteiger partial charge < -0.3 is 14.8 Å². The van der Waals surface area contributed by atoms with Crippen molar-refractivity contribution in [2.75, 3.05) is 19.5 Å². The third kappa shape index (κ3) is 5.03. The van der Waals surface area contributed by atoms with E-state index in [0.717, 1.165) is 38.1 Å². The Morgan fingerprint density at radius 2 is 1.48 bits per heavy atom. The number of nitrogens with zero attached hydrogens (tertiary/aromatic N) is 2. The van der Waals surface area contributed by atoms with E-state index in [0.29, 0.717) is 4.68 Å². The first-order valence-electron chi connectivity index (χ1n) is 9.40. The number of carbonyl (C=O) groups is 3. The van der Waals surface area contributed by atoms with Gasteiger partial charge in [-0.25, -0.2) is 14.3 Å². The molecule has 0 saturated carbocycles. The van der Waals surface area contributed by atoms with E-state index in [1.165, 1.54) is 18.2 Å². The lowest BCUT2D eigenvalue weighted by Gasteiger charge is -2.13. The Balaban J connectivity index is 2.04. The Bertz CT molecular complexity index is 1180. The topological polar surface area (TPSA) is 99.5 Å². The fourth-order valence-corrected chi connectivity index (χ4v) is 3.04. The molecule has 0 aliphatic rings. The van der Waals surface area contributed by atoms with Gasteiger partial charge in [0.05, 0.1) is 42.8 Å². The Morgan fingerprint density at radius 3 is 1.97 bits per heavy atom. The number of halogens is 3. The molecule has 3 aromatic rings. The molecule has 0 unspecified atom stereocenters. The van der Waals surface area contributed by atoms with Crippen LogP contribution in [0.4, 0.5) is 18.9 Å². The second-order valence-electron chi connectivity index (χ2n) is 6.89. The summed E-state index contributed by atoms with van der Waals surface area (Å²) >= 11 is 0. The van der Waals surface area contributed by atoms with Gasteiger partial charge in [0.1, 0.15) is 0 Å². The van der Waals surface area contributed by atoms with Crippen molar-refractivity contribution in [3.05, 3.63) is 76.6 Å². The first-order chi connectivity index (χ1) is 15.5. The fourth-order valence-electron chi connectivity index (χ4n) is 3.04. The van der Waals surface area contributed by atoms with Gasteiger partial charge in [-0.05, 0) is 37.3 Å². The zero-order chi connectivity index (χ0) is 24.3. The molecule has 0 aliphatic carbocycles. The smallest absolute Gasteiger partial charge is 0.434 e. The maximum absolute atomic E-state index is 13.9. The Labute approximate surface area is 185 Å². The number of aromatic nitrogens is 2. The third-order valence-corrected chi connectivity index (χ3v) is 4.59. The van der Waals surface area contributed by atoms with Crippen LogP contribution in [0.15, 0.2) is 48.7 Å². The summed E-state index contributed by atoms with van der Waals surface area (Å²) in [5.74, 6) is -2.78. The number of ether oxygens (including phenoxy) is 2. The quantitative estimate of drug-likeness (QED) is 0.576. The predicted molar refractivity (Wildman–Crippen MR) is 110 cm³/mol. The van der Waals surface area contributed by atoms with Crippen molar-refractivity contribution in [1.82, 2.24) is 9.78 Å². The van der Waals surface area contributed by atoms with Crippen LogP contribution in [0.5, 0.6) is 0 Å². The van der Waals surface area contributed by atoms with E-state index in [1.807, 2.05) is 0 Å². The molecule has 2 aromatic carbocycles. The number of amides is 1. The van der Waals surface area contributed by atoms with E-state index in [4.69, 9.17) is 0 Å². The van der Waals surface area contributed by atoms with Crippen LogP contribution in [0.3, 0.4) is 0 Å². The van der Waals surface area contributed by atoms with Crippen LogP contribution in [-0.4, -0.2) is 41.8 Å². The van der Waals surface area contributed by atoms with Crippen LogP contribution in [0.2, 0.25) is 0 Å². The van der Waals surface area contributed by atoms with Crippen LogP contribution in [0, 0.1) is 6.92 Å². The number of hydrogen-bond donors (Lipinski definition) is 1. The normalized spacial score (nSPS) is 11.1. The molecule has 0 atom stereocenters. The molecule has 3 rings (SSSR count). The summed E-state index contributed by atoms with van der Waals surface area (Å²) in [5.41, 5.74) is -1.40. The fraction of sp³-hybridized carbons (Fsp3) is 0.182. The number of esters is 2. The average Bonchev–Trinajstić information content (AvgIpc) is 3.24. The van der Waals surface area contributed by atoms with Gasteiger partial charge in [-0.3, -0.25) is 4.79 Å². The number of benzene rings is 2. The molecular weight excluding hydrogens is 443 g/mol. The largest absolute Gasteiger partial charge is 0.465 e. The second-order valence-corrected chi connectivity index (χ2v) is 6.89. The third-order valence-electron chi connectivity index (χ3n) is 4.59. The van der Waals surface area contributed by atoms with Crippen molar-refractivity contribution >= 4 is 23.5 Å². The van der Waals surface area contributed by atoms with Gasteiger partial charge in [0.25, 0.3) is 5.91 Å². The van der Waals surface area contributed by atoms with Crippen LogP contribution in [0.1, 0.15) is 42.3 Å². The molecule has 0 fully saturated rings. The molecule has 0 bridgehead atoms. The monoisotopic (exact) mass is 461 g/mol. The number of carbonyl (C=O) groups excluding carboxylic acids is 3. The standard InChI is InChI=1S/C22H18F3N3O5/c1-12-4-6-16(7-5-12)28-18(22(23,24)25)17(11-26-28)19(29)27-15-9-13(20(30)32-2)8-14(10-15)21(31)33-3/h4-11H,1-3H3,(H,27,29). The second kappa shape index (κ2) is 9.15.